The van der Waals surface area contributed by atoms with Crippen molar-refractivity contribution in [3.8, 4) is 0 Å². The normalized spacial score (nSPS) is 40.9. The zero-order valence-corrected chi connectivity index (χ0v) is 13.8. The maximum absolute atomic E-state index is 5.26. The first-order valence-corrected chi connectivity index (χ1v) is 9.72. The molecular weight excluding hydrogens is 276 g/mol. The van der Waals surface area contributed by atoms with Crippen LogP contribution in [-0.2, 0) is 12.0 Å². The summed E-state index contributed by atoms with van der Waals surface area (Å²) in [6.07, 6.45) is 11.7. The lowest BCUT2D eigenvalue weighted by Crippen LogP contribution is -2.48. The van der Waals surface area contributed by atoms with Crippen LogP contribution in [0.5, 0.6) is 0 Å². The third-order valence-electron chi connectivity index (χ3n) is 6.52. The number of hydrogen-bond acceptors (Lipinski definition) is 3. The van der Waals surface area contributed by atoms with Crippen molar-refractivity contribution < 1.29 is 0 Å². The lowest BCUT2D eigenvalue weighted by atomic mass is 9.50. The Morgan fingerprint density at radius 3 is 2.24 bits per heavy atom. The molecule has 1 heterocycles. The average Bonchev–Trinajstić information content (AvgIpc) is 3.19. The van der Waals surface area contributed by atoms with Crippen LogP contribution < -0.4 is 5.32 Å². The fourth-order valence-corrected chi connectivity index (χ4v) is 7.30. The standard InChI is InChI=1S/C18H26N2S/c1-19-10-15-16(14-2-3-14)20-17(21-15)18-7-11-4-12(8-18)6-13(5-11)9-18/h11-14,19H,2-10H2,1H3. The predicted octanol–water partition coefficient (Wildman–Crippen LogP) is 4.21. The second kappa shape index (κ2) is 4.55. The topological polar surface area (TPSA) is 24.9 Å². The zero-order chi connectivity index (χ0) is 14.0. The summed E-state index contributed by atoms with van der Waals surface area (Å²) in [5.74, 6) is 3.87. The minimum atomic E-state index is 0.495. The minimum absolute atomic E-state index is 0.495. The first-order valence-electron chi connectivity index (χ1n) is 8.90. The average molecular weight is 302 g/mol. The molecule has 2 nitrogen and oxygen atoms in total. The summed E-state index contributed by atoms with van der Waals surface area (Å²) in [7, 11) is 2.07. The molecule has 5 aliphatic rings. The van der Waals surface area contributed by atoms with Gasteiger partial charge in [-0.15, -0.1) is 11.3 Å². The van der Waals surface area contributed by atoms with Crippen molar-refractivity contribution >= 4 is 11.3 Å². The highest BCUT2D eigenvalue weighted by atomic mass is 32.1. The molecule has 4 bridgehead atoms. The Balaban J connectivity index is 1.53. The molecule has 0 aromatic carbocycles. The number of aromatic nitrogens is 1. The van der Waals surface area contributed by atoms with Gasteiger partial charge >= 0.3 is 0 Å². The smallest absolute Gasteiger partial charge is 0.0993 e. The van der Waals surface area contributed by atoms with Gasteiger partial charge in [-0.05, 0) is 76.2 Å². The van der Waals surface area contributed by atoms with Crippen LogP contribution in [0.3, 0.4) is 0 Å². The fraction of sp³-hybridized carbons (Fsp3) is 0.833. The van der Waals surface area contributed by atoms with Crippen molar-refractivity contribution in [2.45, 2.75) is 69.2 Å². The molecule has 5 saturated carbocycles. The summed E-state index contributed by atoms with van der Waals surface area (Å²) in [6, 6.07) is 0. The van der Waals surface area contributed by atoms with Crippen LogP contribution in [-0.4, -0.2) is 12.0 Å². The molecule has 114 valence electrons. The van der Waals surface area contributed by atoms with Gasteiger partial charge in [0, 0.05) is 22.8 Å². The Morgan fingerprint density at radius 2 is 1.71 bits per heavy atom. The Bertz CT molecular complexity index is 522. The Kier molecular flexibility index (Phi) is 2.83. The van der Waals surface area contributed by atoms with Crippen LogP contribution in [0.2, 0.25) is 0 Å². The van der Waals surface area contributed by atoms with E-state index in [4.69, 9.17) is 4.98 Å². The Labute approximate surface area is 131 Å². The molecule has 6 rings (SSSR count). The number of rotatable bonds is 4. The van der Waals surface area contributed by atoms with Crippen LogP contribution in [0.25, 0.3) is 0 Å². The van der Waals surface area contributed by atoms with E-state index in [1.165, 1.54) is 62.1 Å². The van der Waals surface area contributed by atoms with Crippen LogP contribution >= 0.6 is 11.3 Å². The van der Waals surface area contributed by atoms with E-state index in [1.54, 1.807) is 4.88 Å². The summed E-state index contributed by atoms with van der Waals surface area (Å²) < 4.78 is 0. The molecule has 1 aromatic rings. The Morgan fingerprint density at radius 1 is 1.10 bits per heavy atom. The number of nitrogens with zero attached hydrogens (tertiary/aromatic N) is 1. The molecule has 1 N–H and O–H groups in total. The first kappa shape index (κ1) is 13.1. The van der Waals surface area contributed by atoms with Gasteiger partial charge in [0.2, 0.25) is 0 Å². The van der Waals surface area contributed by atoms with Gasteiger partial charge < -0.3 is 5.32 Å². The quantitative estimate of drug-likeness (QED) is 0.901. The molecule has 5 fully saturated rings. The third kappa shape index (κ3) is 2.03. The monoisotopic (exact) mass is 302 g/mol. The van der Waals surface area contributed by atoms with Crippen LogP contribution in [0.15, 0.2) is 0 Å². The van der Waals surface area contributed by atoms with Gasteiger partial charge in [-0.1, -0.05) is 0 Å². The highest BCUT2D eigenvalue weighted by molar-refractivity contribution is 7.11. The molecule has 21 heavy (non-hydrogen) atoms. The van der Waals surface area contributed by atoms with Gasteiger partial charge in [-0.2, -0.15) is 0 Å². The van der Waals surface area contributed by atoms with E-state index in [1.807, 2.05) is 0 Å². The minimum Gasteiger partial charge on any atom is -0.315 e. The van der Waals surface area contributed by atoms with Gasteiger partial charge in [0.15, 0.2) is 0 Å². The van der Waals surface area contributed by atoms with Gasteiger partial charge in [0.1, 0.15) is 0 Å². The highest BCUT2D eigenvalue weighted by Crippen LogP contribution is 2.61. The molecule has 0 amide bonds. The van der Waals surface area contributed by atoms with E-state index in [9.17, 15) is 0 Å². The van der Waals surface area contributed by atoms with Gasteiger partial charge in [0.25, 0.3) is 0 Å². The summed E-state index contributed by atoms with van der Waals surface area (Å²) in [4.78, 5) is 6.81. The molecule has 0 saturated heterocycles. The maximum Gasteiger partial charge on any atom is 0.0993 e. The summed E-state index contributed by atoms with van der Waals surface area (Å²) in [6.45, 7) is 1.02. The van der Waals surface area contributed by atoms with Crippen molar-refractivity contribution in [1.29, 1.82) is 0 Å². The number of nitrogens with one attached hydrogen (secondary N) is 1. The summed E-state index contributed by atoms with van der Waals surface area (Å²) >= 11 is 2.07. The molecule has 0 aliphatic heterocycles. The second-order valence-corrected chi connectivity index (χ2v) is 9.41. The molecule has 0 unspecified atom stereocenters. The van der Waals surface area contributed by atoms with Gasteiger partial charge in [-0.25, -0.2) is 4.98 Å². The van der Waals surface area contributed by atoms with Gasteiger partial charge in [-0.3, -0.25) is 0 Å². The fourth-order valence-electron chi connectivity index (χ4n) is 5.93. The van der Waals surface area contributed by atoms with E-state index in [0.29, 0.717) is 5.41 Å². The predicted molar refractivity (Wildman–Crippen MR) is 86.7 cm³/mol. The lowest BCUT2D eigenvalue weighted by Gasteiger charge is -2.56. The number of hydrogen-bond donors (Lipinski definition) is 1. The molecule has 0 spiro atoms. The van der Waals surface area contributed by atoms with Crippen molar-refractivity contribution in [2.75, 3.05) is 7.05 Å². The largest absolute Gasteiger partial charge is 0.315 e. The van der Waals surface area contributed by atoms with Crippen molar-refractivity contribution in [3.63, 3.8) is 0 Å². The molecule has 0 radical (unpaired) electrons. The lowest BCUT2D eigenvalue weighted by molar-refractivity contribution is -0.00533. The number of thiazole rings is 1. The SMILES string of the molecule is CNCc1sc(C23CC4CC(CC(C4)C2)C3)nc1C1CC1. The second-order valence-electron chi connectivity index (χ2n) is 8.33. The van der Waals surface area contributed by atoms with Crippen LogP contribution in [0, 0.1) is 17.8 Å². The molecule has 5 aliphatic carbocycles. The van der Waals surface area contributed by atoms with E-state index < -0.39 is 0 Å². The molecule has 1 aromatic heterocycles. The summed E-state index contributed by atoms with van der Waals surface area (Å²) in [5.41, 5.74) is 1.97. The Hall–Kier alpha value is -0.410. The van der Waals surface area contributed by atoms with Crippen molar-refractivity contribution in [3.05, 3.63) is 15.6 Å². The first-order chi connectivity index (χ1) is 10.3. The van der Waals surface area contributed by atoms with Crippen LogP contribution in [0.1, 0.15) is 72.9 Å². The molecular formula is C18H26N2S. The maximum atomic E-state index is 5.26. The van der Waals surface area contributed by atoms with Crippen molar-refractivity contribution in [1.82, 2.24) is 10.3 Å². The molecule has 3 heteroatoms. The van der Waals surface area contributed by atoms with E-state index in [0.717, 1.165) is 30.2 Å². The third-order valence-corrected chi connectivity index (χ3v) is 7.84. The van der Waals surface area contributed by atoms with Gasteiger partial charge in [0.05, 0.1) is 10.7 Å². The van der Waals surface area contributed by atoms with E-state index >= 15 is 0 Å². The van der Waals surface area contributed by atoms with E-state index in [2.05, 4.69) is 23.7 Å². The van der Waals surface area contributed by atoms with Crippen LogP contribution in [0.4, 0.5) is 0 Å². The van der Waals surface area contributed by atoms with E-state index in [-0.39, 0.29) is 0 Å². The van der Waals surface area contributed by atoms with Crippen molar-refractivity contribution in [2.24, 2.45) is 17.8 Å². The molecule has 0 atom stereocenters. The highest BCUT2D eigenvalue weighted by Gasteiger charge is 2.53. The summed E-state index contributed by atoms with van der Waals surface area (Å²) in [5, 5.41) is 4.90. The zero-order valence-electron chi connectivity index (χ0n) is 13.0.